The highest BCUT2D eigenvalue weighted by Crippen LogP contribution is 2.32. The number of rotatable bonds is 3. The highest BCUT2D eigenvalue weighted by atomic mass is 35.5. The summed E-state index contributed by atoms with van der Waals surface area (Å²) in [5.74, 6) is -0.0665. The maximum atomic E-state index is 12.0. The molecule has 0 atom stereocenters. The van der Waals surface area contributed by atoms with Gasteiger partial charge in [0.15, 0.2) is 5.13 Å². The summed E-state index contributed by atoms with van der Waals surface area (Å²) < 4.78 is 0. The van der Waals surface area contributed by atoms with Gasteiger partial charge in [-0.1, -0.05) is 41.9 Å². The van der Waals surface area contributed by atoms with E-state index in [4.69, 9.17) is 11.6 Å². The molecule has 0 aliphatic rings. The number of halogens is 1. The molecule has 0 fully saturated rings. The van der Waals surface area contributed by atoms with Crippen molar-refractivity contribution in [2.75, 3.05) is 4.90 Å². The lowest BCUT2D eigenvalue weighted by atomic mass is 10.2. The first-order chi connectivity index (χ1) is 10.6. The smallest absolute Gasteiger partial charge is 0.230 e. The topological polar surface area (TPSA) is 33.2 Å². The molecule has 1 heterocycles. The highest BCUT2D eigenvalue weighted by molar-refractivity contribution is 7.14. The fraction of sp³-hybridized carbons (Fsp3) is 0.0588. The van der Waals surface area contributed by atoms with Crippen LogP contribution in [0.15, 0.2) is 60.0 Å². The second-order valence-corrected chi connectivity index (χ2v) is 5.99. The van der Waals surface area contributed by atoms with Crippen LogP contribution in [0.25, 0.3) is 11.3 Å². The lowest BCUT2D eigenvalue weighted by Crippen LogP contribution is -2.22. The Bertz CT molecular complexity index is 784. The number of aromatic nitrogens is 1. The molecule has 3 aromatic rings. The van der Waals surface area contributed by atoms with Crippen LogP contribution in [0.1, 0.15) is 6.92 Å². The lowest BCUT2D eigenvalue weighted by molar-refractivity contribution is -0.115. The molecule has 110 valence electrons. The van der Waals surface area contributed by atoms with Gasteiger partial charge in [-0.25, -0.2) is 4.98 Å². The van der Waals surface area contributed by atoms with Crippen LogP contribution in [0.4, 0.5) is 10.8 Å². The number of amides is 1. The molecule has 0 N–H and O–H groups in total. The van der Waals surface area contributed by atoms with E-state index in [9.17, 15) is 4.79 Å². The van der Waals surface area contributed by atoms with Crippen molar-refractivity contribution in [2.24, 2.45) is 0 Å². The average Bonchev–Trinajstić information content (AvgIpc) is 2.98. The second kappa shape index (κ2) is 6.30. The Labute approximate surface area is 137 Å². The molecular formula is C17H13ClN2OS. The van der Waals surface area contributed by atoms with E-state index in [2.05, 4.69) is 4.98 Å². The summed E-state index contributed by atoms with van der Waals surface area (Å²) in [5.41, 5.74) is 2.62. The van der Waals surface area contributed by atoms with Crippen molar-refractivity contribution in [1.82, 2.24) is 4.98 Å². The first-order valence-electron chi connectivity index (χ1n) is 6.72. The summed E-state index contributed by atoms with van der Waals surface area (Å²) in [6.45, 7) is 1.54. The molecule has 3 nitrogen and oxygen atoms in total. The highest BCUT2D eigenvalue weighted by Gasteiger charge is 2.17. The number of anilines is 2. The Balaban J connectivity index is 1.97. The molecule has 0 saturated carbocycles. The van der Waals surface area contributed by atoms with Gasteiger partial charge in [0.05, 0.1) is 11.4 Å². The van der Waals surface area contributed by atoms with Gasteiger partial charge in [-0.2, -0.15) is 0 Å². The summed E-state index contributed by atoms with van der Waals surface area (Å²) in [5, 5.41) is 3.29. The fourth-order valence-electron chi connectivity index (χ4n) is 2.12. The Kier molecular flexibility index (Phi) is 4.22. The number of benzene rings is 2. The minimum atomic E-state index is -0.0665. The number of carbonyl (C=O) groups is 1. The van der Waals surface area contributed by atoms with Gasteiger partial charge >= 0.3 is 0 Å². The molecule has 0 aliphatic heterocycles. The molecule has 3 rings (SSSR count). The second-order valence-electron chi connectivity index (χ2n) is 4.71. The molecule has 0 unspecified atom stereocenters. The number of hydrogen-bond acceptors (Lipinski definition) is 3. The molecule has 5 heteroatoms. The maximum Gasteiger partial charge on any atom is 0.230 e. The van der Waals surface area contributed by atoms with Crippen molar-refractivity contribution in [3.05, 3.63) is 65.0 Å². The number of hydrogen-bond donors (Lipinski definition) is 0. The minimum absolute atomic E-state index is 0.0665. The summed E-state index contributed by atoms with van der Waals surface area (Å²) in [6.07, 6.45) is 0. The molecule has 0 aliphatic carbocycles. The standard InChI is InChI=1S/C17H13ClN2OS/c1-12(21)20(15-5-3-2-4-6-15)17-19-16(11-22-17)13-7-9-14(18)10-8-13/h2-11H,1H3. The molecular weight excluding hydrogens is 316 g/mol. The molecule has 0 spiro atoms. The Hall–Kier alpha value is -2.17. The van der Waals surface area contributed by atoms with E-state index in [-0.39, 0.29) is 5.91 Å². The van der Waals surface area contributed by atoms with Crippen LogP contribution in [0.5, 0.6) is 0 Å². The average molecular weight is 329 g/mol. The van der Waals surface area contributed by atoms with Crippen molar-refractivity contribution in [1.29, 1.82) is 0 Å². The third-order valence-corrected chi connectivity index (χ3v) is 4.23. The lowest BCUT2D eigenvalue weighted by Gasteiger charge is -2.17. The zero-order chi connectivity index (χ0) is 15.5. The minimum Gasteiger partial charge on any atom is -0.274 e. The number of nitrogens with zero attached hydrogens (tertiary/aromatic N) is 2. The van der Waals surface area contributed by atoms with Gasteiger partial charge in [0.1, 0.15) is 0 Å². The van der Waals surface area contributed by atoms with E-state index in [1.54, 1.807) is 4.90 Å². The van der Waals surface area contributed by atoms with Crippen molar-refractivity contribution in [3.8, 4) is 11.3 Å². The van der Waals surface area contributed by atoms with Crippen LogP contribution in [0.2, 0.25) is 5.02 Å². The van der Waals surface area contributed by atoms with Crippen LogP contribution in [-0.2, 0) is 4.79 Å². The van der Waals surface area contributed by atoms with Gasteiger partial charge < -0.3 is 0 Å². The molecule has 1 aromatic heterocycles. The Morgan fingerprint density at radius 2 is 1.77 bits per heavy atom. The first-order valence-corrected chi connectivity index (χ1v) is 7.98. The van der Waals surface area contributed by atoms with E-state index in [0.717, 1.165) is 16.9 Å². The maximum absolute atomic E-state index is 12.0. The summed E-state index contributed by atoms with van der Waals surface area (Å²) >= 11 is 7.35. The van der Waals surface area contributed by atoms with E-state index in [0.29, 0.717) is 10.2 Å². The van der Waals surface area contributed by atoms with E-state index in [1.807, 2.05) is 60.0 Å². The normalized spacial score (nSPS) is 10.5. The Morgan fingerprint density at radius 3 is 2.41 bits per heavy atom. The van der Waals surface area contributed by atoms with Gasteiger partial charge in [0.25, 0.3) is 0 Å². The summed E-state index contributed by atoms with van der Waals surface area (Å²) in [6, 6.07) is 17.0. The van der Waals surface area contributed by atoms with Crippen molar-refractivity contribution < 1.29 is 4.79 Å². The number of thiazole rings is 1. The third kappa shape index (κ3) is 3.03. The number of carbonyl (C=O) groups excluding carboxylic acids is 1. The van der Waals surface area contributed by atoms with E-state index in [1.165, 1.54) is 18.3 Å². The van der Waals surface area contributed by atoms with Gasteiger partial charge in [-0.05, 0) is 24.3 Å². The van der Waals surface area contributed by atoms with Gasteiger partial charge in [0, 0.05) is 22.9 Å². The van der Waals surface area contributed by atoms with Crippen molar-refractivity contribution in [2.45, 2.75) is 6.92 Å². The summed E-state index contributed by atoms with van der Waals surface area (Å²) in [7, 11) is 0. The van der Waals surface area contributed by atoms with Crippen LogP contribution in [0, 0.1) is 0 Å². The van der Waals surface area contributed by atoms with Gasteiger partial charge in [0.2, 0.25) is 5.91 Å². The van der Waals surface area contributed by atoms with Crippen LogP contribution >= 0.6 is 22.9 Å². The molecule has 0 saturated heterocycles. The van der Waals surface area contributed by atoms with Crippen molar-refractivity contribution >= 4 is 39.7 Å². The predicted octanol–water partition coefficient (Wildman–Crippen LogP) is 5.15. The van der Waals surface area contributed by atoms with Crippen LogP contribution in [-0.4, -0.2) is 10.9 Å². The first kappa shape index (κ1) is 14.8. The van der Waals surface area contributed by atoms with Gasteiger partial charge in [-0.15, -0.1) is 11.3 Å². The predicted molar refractivity (Wildman–Crippen MR) is 91.8 cm³/mol. The molecule has 2 aromatic carbocycles. The quantitative estimate of drug-likeness (QED) is 0.666. The molecule has 0 bridgehead atoms. The Morgan fingerprint density at radius 1 is 1.09 bits per heavy atom. The monoisotopic (exact) mass is 328 g/mol. The molecule has 0 radical (unpaired) electrons. The molecule has 1 amide bonds. The molecule has 22 heavy (non-hydrogen) atoms. The third-order valence-electron chi connectivity index (χ3n) is 3.15. The van der Waals surface area contributed by atoms with E-state index < -0.39 is 0 Å². The zero-order valence-electron chi connectivity index (χ0n) is 11.9. The fourth-order valence-corrected chi connectivity index (χ4v) is 3.15. The van der Waals surface area contributed by atoms with Gasteiger partial charge in [-0.3, -0.25) is 9.69 Å². The summed E-state index contributed by atoms with van der Waals surface area (Å²) in [4.78, 5) is 18.2. The largest absolute Gasteiger partial charge is 0.274 e. The van der Waals surface area contributed by atoms with Crippen LogP contribution in [0.3, 0.4) is 0 Å². The van der Waals surface area contributed by atoms with Crippen molar-refractivity contribution in [3.63, 3.8) is 0 Å². The zero-order valence-corrected chi connectivity index (χ0v) is 13.4. The SMILES string of the molecule is CC(=O)N(c1ccccc1)c1nc(-c2ccc(Cl)cc2)cs1. The van der Waals surface area contributed by atoms with Crippen LogP contribution < -0.4 is 4.90 Å². The number of para-hydroxylation sites is 1. The van der Waals surface area contributed by atoms with E-state index >= 15 is 0 Å².